The number of fused-ring (bicyclic) bond motifs is 2. The Morgan fingerprint density at radius 1 is 0.759 bits per heavy atom. The second kappa shape index (κ2) is 15.0. The minimum Gasteiger partial charge on any atom is -0.408 e. The zero-order valence-corrected chi connectivity index (χ0v) is 35.3. The summed E-state index contributed by atoms with van der Waals surface area (Å²) >= 11 is 0. The fourth-order valence-electron chi connectivity index (χ4n) is 6.14. The maximum Gasteiger partial charge on any atom is 0.330 e. The summed E-state index contributed by atoms with van der Waals surface area (Å²) < 4.78 is 44.5. The molecule has 0 aliphatic carbocycles. The lowest BCUT2D eigenvalue weighted by Gasteiger charge is -2.40. The molecular weight excluding hydrogens is 756 g/mol. The maximum atomic E-state index is 12.6. The molecule has 0 radical (unpaired) electrons. The molecular formula is C34H53N6O11PSi2. The lowest BCUT2D eigenvalue weighted by molar-refractivity contribution is -0.0567. The van der Waals surface area contributed by atoms with Crippen LogP contribution in [-0.2, 0) is 27.4 Å². The molecule has 17 nitrogen and oxygen atoms in total. The Bertz CT molecular complexity index is 2060. The summed E-state index contributed by atoms with van der Waals surface area (Å²) in [5.74, 6) is 0.578. The van der Waals surface area contributed by atoms with Crippen LogP contribution in [0, 0.1) is 0 Å². The van der Waals surface area contributed by atoms with Gasteiger partial charge in [-0.2, -0.15) is 0 Å². The van der Waals surface area contributed by atoms with Crippen molar-refractivity contribution in [1.29, 1.82) is 0 Å². The van der Waals surface area contributed by atoms with Gasteiger partial charge in [-0.1, -0.05) is 41.5 Å². The summed E-state index contributed by atoms with van der Waals surface area (Å²) in [5.41, 5.74) is -0.569. The molecule has 3 N–H and O–H groups in total. The molecule has 0 bridgehead atoms. The first kappa shape index (κ1) is 41.0. The summed E-state index contributed by atoms with van der Waals surface area (Å²) in [7, 11) is -7.66. The third kappa shape index (κ3) is 7.70. The van der Waals surface area contributed by atoms with Crippen LogP contribution in [0.2, 0.25) is 36.3 Å². The fourth-order valence-corrected chi connectivity index (χ4v) is 9.52. The first-order valence-electron chi connectivity index (χ1n) is 18.0. The summed E-state index contributed by atoms with van der Waals surface area (Å²) in [5, 5.41) is 21.8. The molecule has 2 aliphatic heterocycles. The predicted octanol–water partition coefficient (Wildman–Crippen LogP) is 3.56. The Labute approximate surface area is 316 Å². The molecule has 0 amide bonds. The van der Waals surface area contributed by atoms with E-state index < -0.39 is 80.9 Å². The van der Waals surface area contributed by atoms with Gasteiger partial charge in [-0.3, -0.25) is 27.5 Å². The second-order valence-electron chi connectivity index (χ2n) is 16.9. The number of aliphatic hydroxyl groups excluding tert-OH is 2. The van der Waals surface area contributed by atoms with E-state index in [0.29, 0.717) is 5.78 Å². The van der Waals surface area contributed by atoms with Crippen molar-refractivity contribution < 1.29 is 42.5 Å². The van der Waals surface area contributed by atoms with Gasteiger partial charge in [-0.25, -0.2) is 9.97 Å². The minimum absolute atomic E-state index is 0.200. The standard InChI is InChI=1S/C34H53N6O11PSi2/c1-33(2,3)53(7,8)50-26-21(19-41)47-30(40-16-12-24(43)38-18-14-36-32(38)40)28(26)49-52(45)46-20-22-25(44)27(51-54(9,10)34(4,5)6)29(48-22)39-15-11-23(42)37-17-13-35-31(37)39/h11-18,21-22,25-30,41,44-45H,19-20H2,1-10H3/t21-,22-,25-,26?,27?,28-,29-,30-,52?/m1/s1. The van der Waals surface area contributed by atoms with Crippen LogP contribution in [0.1, 0.15) is 54.0 Å². The first-order valence-corrected chi connectivity index (χ1v) is 24.9. The normalized spacial score (nSPS) is 27.7. The van der Waals surface area contributed by atoms with Gasteiger partial charge in [-0.15, -0.1) is 0 Å². The number of nitrogens with zero attached hydrogens (tertiary/aromatic N) is 6. The van der Waals surface area contributed by atoms with Crippen molar-refractivity contribution in [3.8, 4) is 0 Å². The highest BCUT2D eigenvalue weighted by Crippen LogP contribution is 2.48. The van der Waals surface area contributed by atoms with Gasteiger partial charge in [0.1, 0.15) is 36.6 Å². The van der Waals surface area contributed by atoms with Gasteiger partial charge in [0.2, 0.25) is 11.6 Å². The average molecular weight is 809 g/mol. The lowest BCUT2D eigenvalue weighted by Crippen LogP contribution is -2.50. The van der Waals surface area contributed by atoms with Crippen LogP contribution in [0.4, 0.5) is 0 Å². The van der Waals surface area contributed by atoms with Crippen molar-refractivity contribution >= 4 is 36.8 Å². The molecule has 4 aromatic heterocycles. The minimum atomic E-state index is -2.67. The van der Waals surface area contributed by atoms with Crippen LogP contribution in [0.25, 0.3) is 11.6 Å². The molecule has 2 aliphatic rings. The highest BCUT2D eigenvalue weighted by molar-refractivity contribution is 7.40. The molecule has 6 rings (SSSR count). The second-order valence-corrected chi connectivity index (χ2v) is 27.4. The largest absolute Gasteiger partial charge is 0.408 e. The van der Waals surface area contributed by atoms with E-state index >= 15 is 0 Å². The summed E-state index contributed by atoms with van der Waals surface area (Å²) in [6.07, 6.45) is 1.51. The number of aliphatic hydroxyl groups is 2. The zero-order chi connectivity index (χ0) is 39.5. The van der Waals surface area contributed by atoms with Crippen molar-refractivity contribution in [3.63, 3.8) is 0 Å². The summed E-state index contributed by atoms with van der Waals surface area (Å²) in [6, 6.07) is 2.75. The van der Waals surface area contributed by atoms with Gasteiger partial charge in [0.15, 0.2) is 29.1 Å². The number of aromatic nitrogens is 6. The number of rotatable bonds is 12. The van der Waals surface area contributed by atoms with E-state index in [-0.39, 0.29) is 33.6 Å². The van der Waals surface area contributed by atoms with Crippen molar-refractivity contribution in [2.75, 3.05) is 13.2 Å². The quantitative estimate of drug-likeness (QED) is 0.139. The molecule has 6 heterocycles. The molecule has 2 saturated heterocycles. The van der Waals surface area contributed by atoms with Gasteiger partial charge < -0.3 is 42.5 Å². The fraction of sp³-hybridized carbons (Fsp3) is 0.647. The Hall–Kier alpha value is -2.66. The number of hydrogen-bond donors (Lipinski definition) is 3. The van der Waals surface area contributed by atoms with E-state index in [1.807, 2.05) is 0 Å². The lowest BCUT2D eigenvalue weighted by atomic mass is 10.1. The van der Waals surface area contributed by atoms with E-state index in [9.17, 15) is 24.7 Å². The third-order valence-electron chi connectivity index (χ3n) is 11.3. The van der Waals surface area contributed by atoms with E-state index in [1.165, 1.54) is 45.7 Å². The summed E-state index contributed by atoms with van der Waals surface area (Å²) in [6.45, 7) is 20.1. The van der Waals surface area contributed by atoms with E-state index in [1.54, 1.807) is 21.5 Å². The Kier molecular flexibility index (Phi) is 11.4. The van der Waals surface area contributed by atoms with Crippen LogP contribution in [-0.4, -0.2) is 109 Å². The molecule has 0 aromatic carbocycles. The molecule has 0 saturated carbocycles. The number of ether oxygens (including phenoxy) is 2. The molecule has 298 valence electrons. The monoisotopic (exact) mass is 808 g/mol. The van der Waals surface area contributed by atoms with Crippen molar-refractivity contribution in [2.24, 2.45) is 0 Å². The number of hydrogen-bond acceptors (Lipinski definition) is 13. The Morgan fingerprint density at radius 3 is 1.70 bits per heavy atom. The predicted molar refractivity (Wildman–Crippen MR) is 204 cm³/mol. The number of imidazole rings is 2. The highest BCUT2D eigenvalue weighted by atomic mass is 31.2. The van der Waals surface area contributed by atoms with E-state index in [4.69, 9.17) is 27.4 Å². The van der Waals surface area contributed by atoms with Crippen molar-refractivity contribution in [3.05, 3.63) is 70.0 Å². The SMILES string of the molecule is CC(C)(C)[Si](C)(C)OC1[C@@H](OP(O)OC[C@H]2O[C@@H](n3ccc(=O)n4ccnc34)C(O[Si](C)(C)C(C)(C)C)[C@@H]2O)[C@H](n2ccc(=O)n3ccnc23)O[C@@H]1CO. The van der Waals surface area contributed by atoms with Gasteiger partial charge >= 0.3 is 8.60 Å². The average Bonchev–Trinajstić information content (AvgIpc) is 3.88. The Balaban J connectivity index is 1.27. The maximum absolute atomic E-state index is 12.6. The molecule has 9 atom stereocenters. The van der Waals surface area contributed by atoms with Gasteiger partial charge in [0.05, 0.1) is 13.2 Å². The van der Waals surface area contributed by atoms with Crippen LogP contribution in [0.5, 0.6) is 0 Å². The third-order valence-corrected chi connectivity index (χ3v) is 21.0. The van der Waals surface area contributed by atoms with Crippen LogP contribution >= 0.6 is 8.60 Å². The first-order chi connectivity index (χ1) is 25.1. The van der Waals surface area contributed by atoms with Crippen molar-refractivity contribution in [2.45, 2.75) is 127 Å². The molecule has 0 spiro atoms. The van der Waals surface area contributed by atoms with Gasteiger partial charge in [0, 0.05) is 49.3 Å². The van der Waals surface area contributed by atoms with Crippen LogP contribution in [0.15, 0.2) is 58.9 Å². The Morgan fingerprint density at radius 2 is 1.22 bits per heavy atom. The molecule has 4 aromatic rings. The van der Waals surface area contributed by atoms with Crippen molar-refractivity contribution in [1.82, 2.24) is 27.9 Å². The van der Waals surface area contributed by atoms with E-state index in [0.717, 1.165) is 0 Å². The van der Waals surface area contributed by atoms with Crippen LogP contribution < -0.4 is 11.1 Å². The van der Waals surface area contributed by atoms with E-state index in [2.05, 4.69) is 77.7 Å². The summed E-state index contributed by atoms with van der Waals surface area (Å²) in [4.78, 5) is 45.3. The molecule has 2 fully saturated rings. The van der Waals surface area contributed by atoms with Crippen LogP contribution in [0.3, 0.4) is 0 Å². The smallest absolute Gasteiger partial charge is 0.330 e. The van der Waals surface area contributed by atoms with Gasteiger partial charge in [-0.05, 0) is 36.3 Å². The topological polar surface area (TPSA) is 195 Å². The highest BCUT2D eigenvalue weighted by Gasteiger charge is 2.54. The van der Waals surface area contributed by atoms with Gasteiger partial charge in [0.25, 0.3) is 11.1 Å². The molecule has 3 unspecified atom stereocenters. The zero-order valence-electron chi connectivity index (χ0n) is 32.4. The molecule has 54 heavy (non-hydrogen) atoms. The molecule has 20 heteroatoms.